The average molecular weight is 309 g/mol. The van der Waals surface area contributed by atoms with E-state index in [1.165, 1.54) is 0 Å². The van der Waals surface area contributed by atoms with Gasteiger partial charge in [-0.3, -0.25) is 14.6 Å². The monoisotopic (exact) mass is 309 g/mol. The fourth-order valence-electron chi connectivity index (χ4n) is 2.96. The first-order valence-electron chi connectivity index (χ1n) is 7.75. The lowest BCUT2D eigenvalue weighted by molar-refractivity contribution is -0.124. The zero-order valence-corrected chi connectivity index (χ0v) is 13.0. The Morgan fingerprint density at radius 1 is 1.22 bits per heavy atom. The molecule has 5 heteroatoms. The van der Waals surface area contributed by atoms with Gasteiger partial charge < -0.3 is 10.2 Å². The predicted molar refractivity (Wildman–Crippen MR) is 87.8 cm³/mol. The highest BCUT2D eigenvalue weighted by Crippen LogP contribution is 2.23. The van der Waals surface area contributed by atoms with Crippen molar-refractivity contribution in [3.05, 3.63) is 54.2 Å². The largest absolute Gasteiger partial charge is 0.357 e. The van der Waals surface area contributed by atoms with Crippen LogP contribution < -0.4 is 5.32 Å². The van der Waals surface area contributed by atoms with Crippen molar-refractivity contribution in [1.29, 1.82) is 0 Å². The van der Waals surface area contributed by atoms with E-state index < -0.39 is 0 Å². The van der Waals surface area contributed by atoms with E-state index >= 15 is 0 Å². The smallest absolute Gasteiger partial charge is 0.254 e. The van der Waals surface area contributed by atoms with E-state index in [4.69, 9.17) is 0 Å². The van der Waals surface area contributed by atoms with Gasteiger partial charge in [-0.15, -0.1) is 0 Å². The molecule has 2 aromatic rings. The summed E-state index contributed by atoms with van der Waals surface area (Å²) in [7, 11) is 1.60. The van der Waals surface area contributed by atoms with Crippen molar-refractivity contribution < 1.29 is 9.59 Å². The zero-order chi connectivity index (χ0) is 16.2. The van der Waals surface area contributed by atoms with E-state index in [0.29, 0.717) is 18.5 Å². The first-order chi connectivity index (χ1) is 11.2. The first-order valence-corrected chi connectivity index (χ1v) is 7.75. The molecule has 1 aromatic carbocycles. The summed E-state index contributed by atoms with van der Waals surface area (Å²) in [5.74, 6) is -0.203. The molecule has 23 heavy (non-hydrogen) atoms. The van der Waals surface area contributed by atoms with Crippen molar-refractivity contribution in [3.63, 3.8) is 0 Å². The Kier molecular flexibility index (Phi) is 4.37. The number of nitrogens with zero attached hydrogens (tertiary/aromatic N) is 2. The van der Waals surface area contributed by atoms with Crippen LogP contribution >= 0.6 is 0 Å². The van der Waals surface area contributed by atoms with Crippen molar-refractivity contribution in [2.24, 2.45) is 0 Å². The molecule has 1 N–H and O–H groups in total. The molecule has 1 unspecified atom stereocenters. The highest BCUT2D eigenvalue weighted by molar-refractivity contribution is 5.98. The highest BCUT2D eigenvalue weighted by atomic mass is 16.2. The third kappa shape index (κ3) is 3.08. The minimum atomic E-state index is -0.369. The van der Waals surface area contributed by atoms with Crippen LogP contribution in [0.4, 0.5) is 0 Å². The molecule has 1 aliphatic rings. The van der Waals surface area contributed by atoms with Crippen molar-refractivity contribution in [3.8, 4) is 11.3 Å². The normalized spacial score (nSPS) is 17.1. The van der Waals surface area contributed by atoms with E-state index in [1.807, 2.05) is 36.4 Å². The summed E-state index contributed by atoms with van der Waals surface area (Å²) < 4.78 is 0. The second-order valence-corrected chi connectivity index (χ2v) is 5.57. The van der Waals surface area contributed by atoms with Crippen LogP contribution in [0.25, 0.3) is 11.3 Å². The molecule has 0 spiro atoms. The second kappa shape index (κ2) is 6.60. The van der Waals surface area contributed by atoms with Crippen LogP contribution in [-0.2, 0) is 4.79 Å². The summed E-state index contributed by atoms with van der Waals surface area (Å²) in [4.78, 5) is 30.7. The summed E-state index contributed by atoms with van der Waals surface area (Å²) >= 11 is 0. The third-order valence-electron chi connectivity index (χ3n) is 4.13. The number of carbonyl (C=O) groups is 2. The number of rotatable bonds is 3. The fraction of sp³-hybridized carbons (Fsp3) is 0.278. The molecule has 3 rings (SSSR count). The SMILES string of the molecule is CNC(=O)C1CCCN1C(=O)c1cccc(-c2ccccn2)c1. The summed E-state index contributed by atoms with van der Waals surface area (Å²) in [6.07, 6.45) is 3.29. The summed E-state index contributed by atoms with van der Waals surface area (Å²) in [5.41, 5.74) is 2.31. The van der Waals surface area contributed by atoms with E-state index in [2.05, 4.69) is 10.3 Å². The summed E-state index contributed by atoms with van der Waals surface area (Å²) in [6, 6.07) is 12.7. The Hall–Kier alpha value is -2.69. The molecule has 1 fully saturated rings. The molecule has 2 heterocycles. The lowest BCUT2D eigenvalue weighted by atomic mass is 10.1. The second-order valence-electron chi connectivity index (χ2n) is 5.57. The van der Waals surface area contributed by atoms with Crippen LogP contribution in [0.3, 0.4) is 0 Å². The maximum Gasteiger partial charge on any atom is 0.254 e. The number of nitrogens with one attached hydrogen (secondary N) is 1. The maximum absolute atomic E-state index is 12.8. The van der Waals surface area contributed by atoms with Gasteiger partial charge >= 0.3 is 0 Å². The zero-order valence-electron chi connectivity index (χ0n) is 13.0. The molecule has 0 bridgehead atoms. The van der Waals surface area contributed by atoms with E-state index in [9.17, 15) is 9.59 Å². The molecule has 118 valence electrons. The number of amides is 2. The van der Waals surface area contributed by atoms with Crippen molar-refractivity contribution >= 4 is 11.8 Å². The van der Waals surface area contributed by atoms with Crippen molar-refractivity contribution in [2.45, 2.75) is 18.9 Å². The molecule has 1 aromatic heterocycles. The number of carbonyl (C=O) groups excluding carboxylic acids is 2. The minimum Gasteiger partial charge on any atom is -0.357 e. The third-order valence-corrected chi connectivity index (χ3v) is 4.13. The molecule has 1 atom stereocenters. The number of likely N-dealkylation sites (tertiary alicyclic amines) is 1. The summed E-state index contributed by atoms with van der Waals surface area (Å²) in [5, 5.41) is 2.64. The number of hydrogen-bond acceptors (Lipinski definition) is 3. The predicted octanol–water partition coefficient (Wildman–Crippen LogP) is 2.10. The lowest BCUT2D eigenvalue weighted by Gasteiger charge is -2.23. The van der Waals surface area contributed by atoms with E-state index in [1.54, 1.807) is 24.2 Å². The van der Waals surface area contributed by atoms with Crippen LogP contribution in [0.15, 0.2) is 48.7 Å². The van der Waals surface area contributed by atoms with Crippen LogP contribution in [0.2, 0.25) is 0 Å². The molecule has 1 aliphatic heterocycles. The van der Waals surface area contributed by atoms with Crippen LogP contribution in [-0.4, -0.2) is 41.3 Å². The number of likely N-dealkylation sites (N-methyl/N-ethyl adjacent to an activating group) is 1. The number of hydrogen-bond donors (Lipinski definition) is 1. The minimum absolute atomic E-state index is 0.100. The van der Waals surface area contributed by atoms with Gasteiger partial charge in [-0.1, -0.05) is 18.2 Å². The first kappa shape index (κ1) is 15.2. The Balaban J connectivity index is 1.87. The lowest BCUT2D eigenvalue weighted by Crippen LogP contribution is -2.44. The molecule has 0 radical (unpaired) electrons. The quantitative estimate of drug-likeness (QED) is 0.944. The van der Waals surface area contributed by atoms with E-state index in [0.717, 1.165) is 17.7 Å². The van der Waals surface area contributed by atoms with Gasteiger partial charge in [0.05, 0.1) is 5.69 Å². The molecule has 1 saturated heterocycles. The van der Waals surface area contributed by atoms with Gasteiger partial charge in [0, 0.05) is 30.9 Å². The van der Waals surface area contributed by atoms with Gasteiger partial charge in [0.25, 0.3) is 5.91 Å². The van der Waals surface area contributed by atoms with Gasteiger partial charge in [-0.2, -0.15) is 0 Å². The Morgan fingerprint density at radius 3 is 2.83 bits per heavy atom. The molecule has 0 aliphatic carbocycles. The Morgan fingerprint density at radius 2 is 2.09 bits per heavy atom. The number of benzene rings is 1. The Bertz CT molecular complexity index is 715. The van der Waals surface area contributed by atoms with Crippen LogP contribution in [0.5, 0.6) is 0 Å². The van der Waals surface area contributed by atoms with Crippen LogP contribution in [0.1, 0.15) is 23.2 Å². The van der Waals surface area contributed by atoms with Gasteiger partial charge in [0.1, 0.15) is 6.04 Å². The molecule has 2 amide bonds. The van der Waals surface area contributed by atoms with Crippen molar-refractivity contribution in [1.82, 2.24) is 15.2 Å². The van der Waals surface area contributed by atoms with E-state index in [-0.39, 0.29) is 17.9 Å². The van der Waals surface area contributed by atoms with Gasteiger partial charge in [0.15, 0.2) is 0 Å². The van der Waals surface area contributed by atoms with Gasteiger partial charge in [-0.25, -0.2) is 0 Å². The highest BCUT2D eigenvalue weighted by Gasteiger charge is 2.33. The molecular weight excluding hydrogens is 290 g/mol. The molecule has 5 nitrogen and oxygen atoms in total. The standard InChI is InChI=1S/C18H19N3O2/c1-19-17(22)16-9-5-11-21(16)18(23)14-7-4-6-13(12-14)15-8-2-3-10-20-15/h2-4,6-8,10,12,16H,5,9,11H2,1H3,(H,19,22). The molecular formula is C18H19N3O2. The van der Waals surface area contributed by atoms with Crippen LogP contribution in [0, 0.1) is 0 Å². The summed E-state index contributed by atoms with van der Waals surface area (Å²) in [6.45, 7) is 0.616. The fourth-order valence-corrected chi connectivity index (χ4v) is 2.96. The van der Waals surface area contributed by atoms with Gasteiger partial charge in [-0.05, 0) is 37.1 Å². The number of pyridine rings is 1. The average Bonchev–Trinajstić information content (AvgIpc) is 3.11. The number of aromatic nitrogens is 1. The topological polar surface area (TPSA) is 62.3 Å². The van der Waals surface area contributed by atoms with Gasteiger partial charge in [0.2, 0.25) is 5.91 Å². The Labute approximate surface area is 135 Å². The maximum atomic E-state index is 12.8. The van der Waals surface area contributed by atoms with Crippen molar-refractivity contribution in [2.75, 3.05) is 13.6 Å². The molecule has 0 saturated carbocycles.